The Morgan fingerprint density at radius 3 is 2.68 bits per heavy atom. The van der Waals surface area contributed by atoms with Crippen LogP contribution in [0.2, 0.25) is 5.02 Å². The molecule has 0 saturated heterocycles. The molecule has 0 aliphatic rings. The van der Waals surface area contributed by atoms with E-state index in [-0.39, 0.29) is 46.5 Å². The molecule has 0 radical (unpaired) electrons. The average Bonchev–Trinajstić information content (AvgIpc) is 3.15. The van der Waals surface area contributed by atoms with Crippen molar-refractivity contribution < 1.29 is 13.5 Å². The van der Waals surface area contributed by atoms with Crippen LogP contribution in [0.5, 0.6) is 0 Å². The third-order valence-corrected chi connectivity index (χ3v) is 7.24. The van der Waals surface area contributed by atoms with Gasteiger partial charge in [-0.2, -0.15) is 0 Å². The molecule has 2 unspecified atom stereocenters. The van der Waals surface area contributed by atoms with Crippen LogP contribution in [0.3, 0.4) is 0 Å². The predicted octanol–water partition coefficient (Wildman–Crippen LogP) is 3.47. The number of guanidine groups is 1. The summed E-state index contributed by atoms with van der Waals surface area (Å²) < 4.78 is 24.7. The Hall–Kier alpha value is -0.880. The number of nitrogens with one attached hydrogen (secondary N) is 2. The van der Waals surface area contributed by atoms with Crippen LogP contribution in [-0.2, 0) is 9.84 Å². The molecule has 0 fully saturated rings. The first-order valence-corrected chi connectivity index (χ1v) is 11.5. The molecule has 3 N–H and O–H groups in total. The Balaban J connectivity index is 0.00000392. The molecule has 0 amide bonds. The van der Waals surface area contributed by atoms with Gasteiger partial charge in [0.2, 0.25) is 0 Å². The summed E-state index contributed by atoms with van der Waals surface area (Å²) in [5.41, 5.74) is 0.994. The van der Waals surface area contributed by atoms with E-state index in [1.54, 1.807) is 11.4 Å². The van der Waals surface area contributed by atoms with Gasteiger partial charge in [0.05, 0.1) is 24.4 Å². The number of rotatable bonds is 8. The van der Waals surface area contributed by atoms with Crippen LogP contribution in [0.4, 0.5) is 0 Å². The molecule has 1 heterocycles. The Kier molecular flexibility index (Phi) is 10.7. The molecule has 10 heteroatoms. The van der Waals surface area contributed by atoms with Gasteiger partial charge in [-0.15, -0.1) is 35.3 Å². The largest absolute Gasteiger partial charge is 0.390 e. The second-order valence-electron chi connectivity index (χ2n) is 6.01. The van der Waals surface area contributed by atoms with Gasteiger partial charge in [0, 0.05) is 11.6 Å². The van der Waals surface area contributed by atoms with E-state index in [2.05, 4.69) is 15.6 Å². The summed E-state index contributed by atoms with van der Waals surface area (Å²) in [5, 5.41) is 18.8. The third kappa shape index (κ3) is 7.86. The molecule has 2 aromatic rings. The molecular formula is C18H25ClIN3O3S2. The molecule has 1 aromatic heterocycles. The average molecular weight is 558 g/mol. The van der Waals surface area contributed by atoms with E-state index >= 15 is 0 Å². The fraction of sp³-hybridized carbons (Fsp3) is 0.389. The van der Waals surface area contributed by atoms with Gasteiger partial charge in [0.25, 0.3) is 0 Å². The zero-order valence-electron chi connectivity index (χ0n) is 15.6. The van der Waals surface area contributed by atoms with E-state index in [1.807, 2.05) is 38.1 Å². The van der Waals surface area contributed by atoms with Crippen molar-refractivity contribution >= 4 is 62.7 Å². The molecule has 0 aliphatic carbocycles. The fourth-order valence-electron chi connectivity index (χ4n) is 2.41. The number of halogens is 2. The van der Waals surface area contributed by atoms with Gasteiger partial charge in [-0.1, -0.05) is 29.8 Å². The van der Waals surface area contributed by atoms with Crippen molar-refractivity contribution in [3.63, 3.8) is 0 Å². The minimum absolute atomic E-state index is 0. The van der Waals surface area contributed by atoms with Crippen LogP contribution in [0.15, 0.2) is 51.0 Å². The number of aliphatic hydroxyl groups excluding tert-OH is 1. The zero-order valence-corrected chi connectivity index (χ0v) is 20.4. The summed E-state index contributed by atoms with van der Waals surface area (Å²) in [6.45, 7) is 4.51. The summed E-state index contributed by atoms with van der Waals surface area (Å²) in [4.78, 5) is 4.32. The van der Waals surface area contributed by atoms with Crippen LogP contribution < -0.4 is 10.6 Å². The van der Waals surface area contributed by atoms with E-state index in [0.29, 0.717) is 17.5 Å². The highest BCUT2D eigenvalue weighted by molar-refractivity contribution is 14.0. The molecule has 156 valence electrons. The molecule has 2 atom stereocenters. The van der Waals surface area contributed by atoms with Crippen LogP contribution in [-0.4, -0.2) is 44.4 Å². The molecular weight excluding hydrogens is 533 g/mol. The van der Waals surface area contributed by atoms with Gasteiger partial charge in [0.15, 0.2) is 15.8 Å². The Morgan fingerprint density at radius 2 is 2.07 bits per heavy atom. The van der Waals surface area contributed by atoms with Crippen molar-refractivity contribution in [3.05, 3.63) is 52.4 Å². The van der Waals surface area contributed by atoms with Crippen LogP contribution in [0, 0.1) is 0 Å². The van der Waals surface area contributed by atoms with E-state index in [4.69, 9.17) is 11.6 Å². The Labute approximate surface area is 192 Å². The topological polar surface area (TPSA) is 90.8 Å². The summed E-state index contributed by atoms with van der Waals surface area (Å²) in [6.07, 6.45) is -1.09. The Morgan fingerprint density at radius 1 is 1.32 bits per heavy atom. The van der Waals surface area contributed by atoms with E-state index in [1.165, 1.54) is 6.07 Å². The number of benzene rings is 1. The van der Waals surface area contributed by atoms with Crippen LogP contribution in [0.1, 0.15) is 25.5 Å². The van der Waals surface area contributed by atoms with E-state index in [9.17, 15) is 13.5 Å². The summed E-state index contributed by atoms with van der Waals surface area (Å²) >= 11 is 7.17. The fourth-order valence-corrected chi connectivity index (χ4v) is 5.08. The number of aliphatic imine (C=N–C) groups is 1. The molecule has 1 aromatic carbocycles. The first kappa shape index (κ1) is 25.2. The lowest BCUT2D eigenvalue weighted by Gasteiger charge is -2.19. The smallest absolute Gasteiger partial charge is 0.191 e. The maximum absolute atomic E-state index is 12.2. The summed E-state index contributed by atoms with van der Waals surface area (Å²) in [5.74, 6) is 0.137. The third-order valence-electron chi connectivity index (χ3n) is 3.72. The number of thiophene rings is 1. The highest BCUT2D eigenvalue weighted by Gasteiger charge is 2.20. The number of hydrogen-bond donors (Lipinski definition) is 3. The van der Waals surface area contributed by atoms with E-state index in [0.717, 1.165) is 16.9 Å². The minimum Gasteiger partial charge on any atom is -0.390 e. The van der Waals surface area contributed by atoms with Crippen molar-refractivity contribution in [2.24, 2.45) is 4.99 Å². The van der Waals surface area contributed by atoms with Gasteiger partial charge in [-0.3, -0.25) is 4.99 Å². The predicted molar refractivity (Wildman–Crippen MR) is 127 cm³/mol. The first-order chi connectivity index (χ1) is 12.8. The molecule has 0 saturated carbocycles. The SMILES string of the molecule is CCNC(=NCC(O)CS(=O)(=O)c1cccs1)NC(C)c1cccc(Cl)c1.I. The quantitative estimate of drug-likeness (QED) is 0.263. The second-order valence-corrected chi connectivity index (χ2v) is 9.65. The van der Waals surface area contributed by atoms with Gasteiger partial charge in [-0.25, -0.2) is 8.42 Å². The standard InChI is InChI=1S/C18H24ClN3O3S2.HI/c1-3-20-18(22-13(2)14-6-4-7-15(19)10-14)21-11-16(23)12-27(24,25)17-8-5-9-26-17;/h4-10,13,16,23H,3,11-12H2,1-2H3,(H2,20,21,22);1H. The van der Waals surface area contributed by atoms with Gasteiger partial charge in [0.1, 0.15) is 4.21 Å². The van der Waals surface area contributed by atoms with Crippen molar-refractivity contribution in [1.82, 2.24) is 10.6 Å². The molecule has 2 rings (SSSR count). The zero-order chi connectivity index (χ0) is 19.9. The lowest BCUT2D eigenvalue weighted by molar-refractivity contribution is 0.206. The second kappa shape index (κ2) is 12.0. The number of aliphatic hydroxyl groups is 1. The monoisotopic (exact) mass is 557 g/mol. The normalized spacial score (nSPS) is 14.1. The van der Waals surface area contributed by atoms with Gasteiger partial charge in [-0.05, 0) is 43.0 Å². The molecule has 6 nitrogen and oxygen atoms in total. The maximum Gasteiger partial charge on any atom is 0.191 e. The maximum atomic E-state index is 12.2. The summed E-state index contributed by atoms with van der Waals surface area (Å²) in [7, 11) is -3.50. The molecule has 0 bridgehead atoms. The Bertz CT molecular complexity index is 861. The van der Waals surface area contributed by atoms with Gasteiger partial charge >= 0.3 is 0 Å². The minimum atomic E-state index is -3.50. The van der Waals surface area contributed by atoms with Crippen LogP contribution in [0.25, 0.3) is 0 Å². The van der Waals surface area contributed by atoms with Crippen molar-refractivity contribution in [2.75, 3.05) is 18.8 Å². The molecule has 0 spiro atoms. The highest BCUT2D eigenvalue weighted by atomic mass is 127. The molecule has 28 heavy (non-hydrogen) atoms. The highest BCUT2D eigenvalue weighted by Crippen LogP contribution is 2.19. The van der Waals surface area contributed by atoms with Crippen molar-refractivity contribution in [3.8, 4) is 0 Å². The number of nitrogens with zero attached hydrogens (tertiary/aromatic N) is 1. The van der Waals surface area contributed by atoms with E-state index < -0.39 is 15.9 Å². The van der Waals surface area contributed by atoms with Crippen molar-refractivity contribution in [1.29, 1.82) is 0 Å². The van der Waals surface area contributed by atoms with Crippen LogP contribution >= 0.6 is 46.9 Å². The number of sulfone groups is 1. The lowest BCUT2D eigenvalue weighted by Crippen LogP contribution is -2.39. The number of hydrogen-bond acceptors (Lipinski definition) is 5. The van der Waals surface area contributed by atoms with Gasteiger partial charge < -0.3 is 15.7 Å². The summed E-state index contributed by atoms with van der Waals surface area (Å²) in [6, 6.07) is 10.6. The lowest BCUT2D eigenvalue weighted by atomic mass is 10.1. The van der Waals surface area contributed by atoms with Crippen molar-refractivity contribution in [2.45, 2.75) is 30.2 Å². The first-order valence-electron chi connectivity index (χ1n) is 8.56. The molecule has 0 aliphatic heterocycles.